The lowest BCUT2D eigenvalue weighted by Gasteiger charge is -2.18. The molecule has 0 saturated heterocycles. The molecular formula is C13H18IN. The zero-order chi connectivity index (χ0) is 11.3. The molecule has 0 bridgehead atoms. The molecule has 1 N–H and O–H groups in total. The topological polar surface area (TPSA) is 12.0 Å². The van der Waals surface area contributed by atoms with Crippen LogP contribution in [0.25, 0.3) is 0 Å². The lowest BCUT2D eigenvalue weighted by Crippen LogP contribution is -2.17. The Morgan fingerprint density at radius 2 is 2.13 bits per heavy atom. The summed E-state index contributed by atoms with van der Waals surface area (Å²) in [6.45, 7) is 6.03. The fourth-order valence-corrected chi connectivity index (χ4v) is 2.37. The first-order chi connectivity index (χ1) is 7.15. The van der Waals surface area contributed by atoms with Gasteiger partial charge in [-0.2, -0.15) is 0 Å². The van der Waals surface area contributed by atoms with E-state index in [4.69, 9.17) is 0 Å². The van der Waals surface area contributed by atoms with E-state index < -0.39 is 0 Å². The Hall–Kier alpha value is -0.350. The van der Waals surface area contributed by atoms with E-state index >= 15 is 0 Å². The third-order valence-corrected chi connectivity index (χ3v) is 3.47. The predicted octanol–water partition coefficient (Wildman–Crippen LogP) is 3.91. The van der Waals surface area contributed by atoms with Crippen LogP contribution in [0.5, 0.6) is 0 Å². The maximum Gasteiger partial charge on any atom is 0.0331 e. The highest BCUT2D eigenvalue weighted by Crippen LogP contribution is 2.24. The van der Waals surface area contributed by atoms with Crippen molar-refractivity contribution < 1.29 is 0 Å². The van der Waals surface area contributed by atoms with Crippen LogP contribution in [0.15, 0.2) is 36.4 Å². The van der Waals surface area contributed by atoms with E-state index in [1.165, 1.54) is 14.7 Å². The molecule has 1 nitrogen and oxygen atoms in total. The highest BCUT2D eigenvalue weighted by molar-refractivity contribution is 14.1. The molecule has 0 aromatic heterocycles. The second kappa shape index (κ2) is 6.28. The Labute approximate surface area is 106 Å². The van der Waals surface area contributed by atoms with Gasteiger partial charge in [-0.3, -0.25) is 0 Å². The molecule has 82 valence electrons. The quantitative estimate of drug-likeness (QED) is 0.642. The van der Waals surface area contributed by atoms with Crippen LogP contribution in [0.2, 0.25) is 0 Å². The van der Waals surface area contributed by atoms with Crippen LogP contribution >= 0.6 is 22.6 Å². The molecule has 1 aromatic carbocycles. The minimum absolute atomic E-state index is 0.440. The van der Waals surface area contributed by atoms with Crippen LogP contribution in [0.1, 0.15) is 31.4 Å². The second-order valence-electron chi connectivity index (χ2n) is 3.86. The molecule has 0 aliphatic heterocycles. The second-order valence-corrected chi connectivity index (χ2v) is 5.02. The van der Waals surface area contributed by atoms with E-state index in [-0.39, 0.29) is 0 Å². The van der Waals surface area contributed by atoms with Gasteiger partial charge in [-0.05, 0) is 61.0 Å². The molecule has 15 heavy (non-hydrogen) atoms. The summed E-state index contributed by atoms with van der Waals surface area (Å²) >= 11 is 2.39. The molecular weight excluding hydrogens is 297 g/mol. The molecule has 1 atom stereocenters. The maximum absolute atomic E-state index is 3.95. The van der Waals surface area contributed by atoms with Gasteiger partial charge in [0.25, 0.3) is 0 Å². The predicted molar refractivity (Wildman–Crippen MR) is 75.0 cm³/mol. The van der Waals surface area contributed by atoms with Gasteiger partial charge in [-0.25, -0.2) is 0 Å². The van der Waals surface area contributed by atoms with Crippen molar-refractivity contribution in [1.29, 1.82) is 0 Å². The fourth-order valence-electron chi connectivity index (χ4n) is 1.60. The molecule has 0 spiro atoms. The smallest absolute Gasteiger partial charge is 0.0331 e. The Morgan fingerprint density at radius 3 is 2.67 bits per heavy atom. The number of hydrogen-bond acceptors (Lipinski definition) is 1. The number of benzene rings is 1. The van der Waals surface area contributed by atoms with Crippen molar-refractivity contribution in [3.63, 3.8) is 0 Å². The normalized spacial score (nSPS) is 12.5. The van der Waals surface area contributed by atoms with E-state index in [9.17, 15) is 0 Å². The molecule has 0 aliphatic carbocycles. The zero-order valence-electron chi connectivity index (χ0n) is 9.39. The first-order valence-electron chi connectivity index (χ1n) is 5.21. The molecule has 0 heterocycles. The zero-order valence-corrected chi connectivity index (χ0v) is 11.5. The summed E-state index contributed by atoms with van der Waals surface area (Å²) in [5, 5.41) is 3.37. The average Bonchev–Trinajstić information content (AvgIpc) is 2.21. The van der Waals surface area contributed by atoms with E-state index in [0.717, 1.165) is 12.8 Å². The SMILES string of the molecule is C=C(C)CCC(NC)c1ccccc1I. The van der Waals surface area contributed by atoms with Gasteiger partial charge in [0.2, 0.25) is 0 Å². The van der Waals surface area contributed by atoms with Crippen molar-refractivity contribution in [3.8, 4) is 0 Å². The van der Waals surface area contributed by atoms with E-state index in [2.05, 4.69) is 65.7 Å². The van der Waals surface area contributed by atoms with Crippen LogP contribution in [-0.4, -0.2) is 7.05 Å². The Balaban J connectivity index is 2.74. The third-order valence-electron chi connectivity index (χ3n) is 2.49. The summed E-state index contributed by atoms with van der Waals surface area (Å²) in [5.74, 6) is 0. The molecule has 1 aromatic rings. The Morgan fingerprint density at radius 1 is 1.47 bits per heavy atom. The maximum atomic E-state index is 3.95. The van der Waals surface area contributed by atoms with Gasteiger partial charge in [0.1, 0.15) is 0 Å². The number of halogens is 1. The van der Waals surface area contributed by atoms with E-state index in [1.807, 2.05) is 7.05 Å². The van der Waals surface area contributed by atoms with Gasteiger partial charge in [0.15, 0.2) is 0 Å². The van der Waals surface area contributed by atoms with Crippen LogP contribution in [0.3, 0.4) is 0 Å². The first-order valence-corrected chi connectivity index (χ1v) is 6.29. The summed E-state index contributed by atoms with van der Waals surface area (Å²) in [6.07, 6.45) is 2.20. The molecule has 2 heteroatoms. The highest BCUT2D eigenvalue weighted by Gasteiger charge is 2.11. The van der Waals surface area contributed by atoms with Crippen molar-refractivity contribution in [2.75, 3.05) is 7.05 Å². The summed E-state index contributed by atoms with van der Waals surface area (Å²) < 4.78 is 1.33. The van der Waals surface area contributed by atoms with Crippen LogP contribution in [0, 0.1) is 3.57 Å². The monoisotopic (exact) mass is 315 g/mol. The van der Waals surface area contributed by atoms with Crippen molar-refractivity contribution in [2.24, 2.45) is 0 Å². The summed E-state index contributed by atoms with van der Waals surface area (Å²) in [4.78, 5) is 0. The molecule has 0 radical (unpaired) electrons. The van der Waals surface area contributed by atoms with Gasteiger partial charge < -0.3 is 5.32 Å². The third kappa shape index (κ3) is 3.95. The van der Waals surface area contributed by atoms with Gasteiger partial charge >= 0.3 is 0 Å². The van der Waals surface area contributed by atoms with Gasteiger partial charge in [-0.1, -0.05) is 23.8 Å². The molecule has 0 aliphatic rings. The summed E-state index contributed by atoms with van der Waals surface area (Å²) in [5.41, 5.74) is 2.64. The number of nitrogens with one attached hydrogen (secondary N) is 1. The first kappa shape index (κ1) is 12.7. The lowest BCUT2D eigenvalue weighted by atomic mass is 10.0. The van der Waals surface area contributed by atoms with Crippen molar-refractivity contribution in [2.45, 2.75) is 25.8 Å². The van der Waals surface area contributed by atoms with Crippen LogP contribution in [-0.2, 0) is 0 Å². The standard InChI is InChI=1S/C13H18IN/c1-10(2)8-9-13(15-3)11-6-4-5-7-12(11)14/h4-7,13,15H,1,8-9H2,2-3H3. The van der Waals surface area contributed by atoms with Crippen LogP contribution in [0.4, 0.5) is 0 Å². The fraction of sp³-hybridized carbons (Fsp3) is 0.385. The largest absolute Gasteiger partial charge is 0.313 e. The molecule has 0 amide bonds. The molecule has 0 fully saturated rings. The van der Waals surface area contributed by atoms with E-state index in [1.54, 1.807) is 0 Å². The lowest BCUT2D eigenvalue weighted by molar-refractivity contribution is 0.546. The van der Waals surface area contributed by atoms with E-state index in [0.29, 0.717) is 6.04 Å². The van der Waals surface area contributed by atoms with Crippen molar-refractivity contribution >= 4 is 22.6 Å². The van der Waals surface area contributed by atoms with Crippen molar-refractivity contribution in [3.05, 3.63) is 45.6 Å². The molecule has 0 saturated carbocycles. The van der Waals surface area contributed by atoms with Crippen molar-refractivity contribution in [1.82, 2.24) is 5.32 Å². The average molecular weight is 315 g/mol. The summed E-state index contributed by atoms with van der Waals surface area (Å²) in [7, 11) is 2.02. The minimum atomic E-state index is 0.440. The highest BCUT2D eigenvalue weighted by atomic mass is 127. The number of allylic oxidation sites excluding steroid dienone is 1. The Kier molecular flexibility index (Phi) is 5.32. The van der Waals surface area contributed by atoms with Gasteiger partial charge in [0, 0.05) is 9.61 Å². The van der Waals surface area contributed by atoms with Gasteiger partial charge in [-0.15, -0.1) is 6.58 Å². The van der Waals surface area contributed by atoms with Crippen LogP contribution < -0.4 is 5.32 Å². The molecule has 1 unspecified atom stereocenters. The van der Waals surface area contributed by atoms with Gasteiger partial charge in [0.05, 0.1) is 0 Å². The number of rotatable bonds is 5. The summed E-state index contributed by atoms with van der Waals surface area (Å²) in [6, 6.07) is 8.97. The Bertz CT molecular complexity index is 333. The number of hydrogen-bond donors (Lipinski definition) is 1. The minimum Gasteiger partial charge on any atom is -0.313 e. The molecule has 1 rings (SSSR count).